The summed E-state index contributed by atoms with van der Waals surface area (Å²) < 4.78 is 108. The molecular weight excluding hydrogens is 1440 g/mol. The number of rotatable bonds is 8. The van der Waals surface area contributed by atoms with Crippen LogP contribution < -0.4 is 22.8 Å². The van der Waals surface area contributed by atoms with Crippen LogP contribution in [0.15, 0.2) is 218 Å². The Hall–Kier alpha value is -12.0. The Bertz CT molecular complexity index is 6840. The molecule has 0 saturated heterocycles. The van der Waals surface area contributed by atoms with E-state index in [2.05, 4.69) is 184 Å². The molecule has 0 aliphatic carbocycles. The van der Waals surface area contributed by atoms with Gasteiger partial charge in [-0.2, -0.15) is 22.8 Å². The largest absolute Gasteiger partial charge is 0.252 e. The average Bonchev–Trinajstić information content (AvgIpc) is 0.748. The van der Waals surface area contributed by atoms with Gasteiger partial charge in [0.1, 0.15) is 58.5 Å². The van der Waals surface area contributed by atoms with Crippen molar-refractivity contribution in [1.82, 2.24) is 9.97 Å². The van der Waals surface area contributed by atoms with E-state index >= 15 is 0 Å². The molecule has 16 rings (SSSR count). The molecule has 0 radical (unpaired) electrons. The van der Waals surface area contributed by atoms with E-state index in [1.165, 1.54) is 86.5 Å². The molecule has 7 aromatic heterocycles. The number of halogens is 4. The number of hydrogen-bond donors (Lipinski definition) is 0. The first-order valence-electron chi connectivity index (χ1n) is 42.2. The van der Waals surface area contributed by atoms with Crippen molar-refractivity contribution in [2.75, 3.05) is 0 Å². The van der Waals surface area contributed by atoms with Crippen LogP contribution in [0.1, 0.15) is 142 Å². The lowest BCUT2D eigenvalue weighted by Crippen LogP contribution is -2.35. The van der Waals surface area contributed by atoms with Crippen LogP contribution in [-0.4, -0.2) is 9.97 Å². The topological polar surface area (TPSA) is 45.2 Å². The second-order valence-electron chi connectivity index (χ2n) is 31.8. The number of hydrogen-bond acceptors (Lipinski definition) is 2. The predicted octanol–water partition coefficient (Wildman–Crippen LogP) is 24.5. The second kappa shape index (κ2) is 34.6. The standard InChI is InChI=1S/C26H27N2.C22H26FN2.C20H21FN.C19H19FN.C18H17FN/c1-17(2)24-14-13-23-25(27-24)16-19(4)28(5)26(23)22-12-11-21(15-18(22)3)20-9-7-6-8-10-20;1-12(2)19-9-8-17-20(24-19)11-14(4)25(7)22(17)18-10-13(3)21(23)16(6)15(18)5;1-12-8-13(2)15(4)19(9-12)20-18-7-6-17(21)11-16(18)10-14(3)22(20)5;1-12-5-6-13(2)18(9-12)19-17-8-7-16(20)11-15(17)10-14(3)21(19)4;1-12-6-4-5-7-16(12)18-17-9-8-15(19)11-14(17)10-13(2)20(18)3/h6-17H,1-5H3;8-12H,1-7H3;6-11H,1-5H3;5-11H,1-4H3;4-11H,1-3H3/q5*+1/i16D;11D;3*10D. The van der Waals surface area contributed by atoms with E-state index in [4.69, 9.17) is 16.8 Å². The highest BCUT2D eigenvalue weighted by Gasteiger charge is 2.28. The van der Waals surface area contributed by atoms with E-state index in [1.54, 1.807) is 25.1 Å². The molecule has 0 aliphatic rings. The fourth-order valence-corrected chi connectivity index (χ4v) is 15.5. The average molecular weight is 1550 g/mol. The van der Waals surface area contributed by atoms with Crippen LogP contribution in [0.2, 0.25) is 0 Å². The lowest BCUT2D eigenvalue weighted by atomic mass is 9.94. The fourth-order valence-electron chi connectivity index (χ4n) is 15.5. The molecule has 7 heterocycles. The van der Waals surface area contributed by atoms with E-state index in [-0.39, 0.29) is 23.3 Å². The molecule has 588 valence electrons. The van der Waals surface area contributed by atoms with Gasteiger partial charge in [0.2, 0.25) is 28.5 Å². The highest BCUT2D eigenvalue weighted by atomic mass is 19.1. The zero-order chi connectivity index (χ0) is 88.1. The van der Waals surface area contributed by atoms with Gasteiger partial charge in [-0.05, 0) is 262 Å². The Balaban J connectivity index is 0.000000139. The highest BCUT2D eigenvalue weighted by Crippen LogP contribution is 2.38. The summed E-state index contributed by atoms with van der Waals surface area (Å²) in [5, 5.41) is 6.67. The second-order valence-corrected chi connectivity index (χ2v) is 31.8. The van der Waals surface area contributed by atoms with Crippen LogP contribution in [0.4, 0.5) is 17.6 Å². The molecular formula is C105H110F4N7+5. The van der Waals surface area contributed by atoms with Gasteiger partial charge in [-0.3, -0.25) is 9.97 Å². The van der Waals surface area contributed by atoms with E-state index in [1.807, 2.05) is 132 Å². The van der Waals surface area contributed by atoms with Gasteiger partial charge < -0.3 is 0 Å². The molecule has 0 saturated carbocycles. The Kier molecular flexibility index (Phi) is 22.9. The van der Waals surface area contributed by atoms with Crippen LogP contribution in [0.5, 0.6) is 0 Å². The molecule has 0 N–H and O–H groups in total. The van der Waals surface area contributed by atoms with Crippen LogP contribution in [0.25, 0.3) is 122 Å². The maximum atomic E-state index is 14.3. The van der Waals surface area contributed by atoms with Crippen molar-refractivity contribution in [3.63, 3.8) is 0 Å². The van der Waals surface area contributed by atoms with Crippen molar-refractivity contribution < 1.29 is 47.3 Å². The summed E-state index contributed by atoms with van der Waals surface area (Å²) in [4.78, 5) is 9.64. The molecule has 0 aliphatic heterocycles. The number of nitrogens with zero attached hydrogens (tertiary/aromatic N) is 7. The lowest BCUT2D eigenvalue weighted by Gasteiger charge is -2.14. The molecule has 9 aromatic carbocycles. The zero-order valence-corrected chi connectivity index (χ0v) is 71.7. The normalized spacial score (nSPS) is 11.9. The maximum absolute atomic E-state index is 14.3. The van der Waals surface area contributed by atoms with Crippen molar-refractivity contribution in [1.29, 1.82) is 0 Å². The minimum Gasteiger partial charge on any atom is -0.252 e. The molecule has 11 heteroatoms. The minimum atomic E-state index is -0.306. The monoisotopic (exact) mass is 1550 g/mol. The van der Waals surface area contributed by atoms with Crippen molar-refractivity contribution >= 4 is 54.1 Å². The van der Waals surface area contributed by atoms with E-state index in [0.717, 1.165) is 134 Å². The van der Waals surface area contributed by atoms with Gasteiger partial charge in [0.25, 0.3) is 0 Å². The van der Waals surface area contributed by atoms with Gasteiger partial charge >= 0.3 is 0 Å². The van der Waals surface area contributed by atoms with E-state index in [0.29, 0.717) is 74.9 Å². The Morgan fingerprint density at radius 3 is 1.14 bits per heavy atom. The summed E-state index contributed by atoms with van der Waals surface area (Å²) in [6.45, 7) is 38.4. The SMILES string of the molecule is [2H]c1c(C)[n+](C)c(-c2cc(C)c(F)c(C)c2C)c2ccc(C(C)C)nc12.[2H]c1c(C)[n+](C)c(-c2cc(C)cc(C)c2C)c2ccc(F)cc12.[2H]c1c(C)[n+](C)c(-c2cc(C)ccc2C)c2ccc(F)cc12.[2H]c1c(C)[n+](C)c(-c2ccc(-c3ccccc3)cc2C)c2ccc(C(C)C)nc12.[2H]c1c(C)[n+](C)c(-c2ccccc2C)c2ccc(F)cc12. The zero-order valence-electron chi connectivity index (χ0n) is 76.7. The van der Waals surface area contributed by atoms with E-state index < -0.39 is 0 Å². The first-order chi connectivity index (χ1) is 57.2. The molecule has 7 nitrogen and oxygen atoms in total. The molecule has 116 heavy (non-hydrogen) atoms. The highest BCUT2D eigenvalue weighted by molar-refractivity contribution is 5.98. The Morgan fingerprint density at radius 2 is 0.672 bits per heavy atom. The van der Waals surface area contributed by atoms with Crippen molar-refractivity contribution in [2.24, 2.45) is 35.2 Å². The van der Waals surface area contributed by atoms with Gasteiger partial charge in [0, 0.05) is 92.9 Å². The minimum absolute atomic E-state index is 0.146. The number of benzene rings is 9. The van der Waals surface area contributed by atoms with Gasteiger partial charge in [0.05, 0.1) is 55.9 Å². The summed E-state index contributed by atoms with van der Waals surface area (Å²) >= 11 is 0. The molecule has 0 amide bonds. The smallest absolute Gasteiger partial charge is 0.222 e. The van der Waals surface area contributed by atoms with Crippen LogP contribution in [0, 0.1) is 127 Å². The van der Waals surface area contributed by atoms with Gasteiger partial charge in [-0.25, -0.2) is 17.6 Å². The molecule has 0 fully saturated rings. The third-order valence-electron chi connectivity index (χ3n) is 22.9. The predicted molar refractivity (Wildman–Crippen MR) is 473 cm³/mol. The molecule has 16 aromatic rings. The third-order valence-corrected chi connectivity index (χ3v) is 22.9. The maximum Gasteiger partial charge on any atom is 0.222 e. The van der Waals surface area contributed by atoms with Crippen LogP contribution in [-0.2, 0) is 35.2 Å². The lowest BCUT2D eigenvalue weighted by molar-refractivity contribution is -0.665. The molecule has 0 bridgehead atoms. The number of fused-ring (bicyclic) bond motifs is 5. The fraction of sp³-hybridized carbons (Fsp3) is 0.248. The quantitative estimate of drug-likeness (QED) is 0.112. The van der Waals surface area contributed by atoms with Crippen molar-refractivity contribution in [2.45, 2.75) is 143 Å². The van der Waals surface area contributed by atoms with Crippen LogP contribution >= 0.6 is 0 Å². The summed E-state index contributed by atoms with van der Waals surface area (Å²) in [6, 6.07) is 62.3. The van der Waals surface area contributed by atoms with Crippen molar-refractivity contribution in [3.05, 3.63) is 337 Å². The Morgan fingerprint density at radius 1 is 0.284 bits per heavy atom. The van der Waals surface area contributed by atoms with E-state index in [9.17, 15) is 17.6 Å². The van der Waals surface area contributed by atoms with Gasteiger partial charge in [-0.1, -0.05) is 118 Å². The van der Waals surface area contributed by atoms with Gasteiger partial charge in [-0.15, -0.1) is 0 Å². The number of aromatic nitrogens is 7. The molecule has 0 spiro atoms. The molecule has 0 atom stereocenters. The van der Waals surface area contributed by atoms with Gasteiger partial charge in [0.15, 0.2) is 28.5 Å². The summed E-state index contributed by atoms with van der Waals surface area (Å²) in [7, 11) is 9.91. The summed E-state index contributed by atoms with van der Waals surface area (Å²) in [6.07, 6.45) is 0. The molecule has 0 unspecified atom stereocenters. The number of aryl methyl sites for hydroxylation is 7. The Labute approximate surface area is 690 Å². The first-order valence-corrected chi connectivity index (χ1v) is 39.7. The summed E-state index contributed by atoms with van der Waals surface area (Å²) in [5.74, 6) is -0.423. The first kappa shape index (κ1) is 76.7. The third kappa shape index (κ3) is 17.2. The summed E-state index contributed by atoms with van der Waals surface area (Å²) in [5.41, 5.74) is 31.6. The number of pyridine rings is 7. The van der Waals surface area contributed by atoms with Crippen LogP contribution in [0.3, 0.4) is 0 Å². The van der Waals surface area contributed by atoms with Crippen molar-refractivity contribution in [3.8, 4) is 67.4 Å².